The highest BCUT2D eigenvalue weighted by atomic mass is 32.2. The van der Waals surface area contributed by atoms with Crippen LogP contribution in [0.2, 0.25) is 0 Å². The molecule has 0 aliphatic heterocycles. The van der Waals surface area contributed by atoms with Crippen molar-refractivity contribution in [1.82, 2.24) is 4.83 Å². The molecule has 16 heavy (non-hydrogen) atoms. The quantitative estimate of drug-likeness (QED) is 0.432. The standard InChI is InChI=1S/C7H9FN2O4S2/c1-15(11,12)5-2-3-6(8)7(4-5)16(13,14)10-9/h2-4,10H,9H2,1H3. The summed E-state index contributed by atoms with van der Waals surface area (Å²) < 4.78 is 57.9. The van der Waals surface area contributed by atoms with Gasteiger partial charge in [-0.15, -0.1) is 4.83 Å². The molecule has 0 amide bonds. The topological polar surface area (TPSA) is 106 Å². The Labute approximate surface area is 92.2 Å². The van der Waals surface area contributed by atoms with Gasteiger partial charge >= 0.3 is 0 Å². The van der Waals surface area contributed by atoms with Gasteiger partial charge in [-0.05, 0) is 18.2 Å². The van der Waals surface area contributed by atoms with Crippen LogP contribution in [0.4, 0.5) is 4.39 Å². The van der Waals surface area contributed by atoms with E-state index in [9.17, 15) is 21.2 Å². The summed E-state index contributed by atoms with van der Waals surface area (Å²) in [5.41, 5.74) is 0. The number of hydrogen-bond donors (Lipinski definition) is 2. The second-order valence-electron chi connectivity index (χ2n) is 2.99. The first kappa shape index (κ1) is 13.0. The molecule has 0 spiro atoms. The number of hydrazine groups is 1. The first-order chi connectivity index (χ1) is 7.18. The van der Waals surface area contributed by atoms with E-state index in [0.717, 1.165) is 18.4 Å². The maximum absolute atomic E-state index is 13.2. The van der Waals surface area contributed by atoms with Gasteiger partial charge in [-0.3, -0.25) is 5.84 Å². The fraction of sp³-hybridized carbons (Fsp3) is 0.143. The molecule has 1 aromatic rings. The molecule has 0 fully saturated rings. The lowest BCUT2D eigenvalue weighted by molar-refractivity contribution is 0.556. The van der Waals surface area contributed by atoms with Gasteiger partial charge in [0, 0.05) is 6.26 Å². The summed E-state index contributed by atoms with van der Waals surface area (Å²) >= 11 is 0. The molecule has 0 atom stereocenters. The predicted octanol–water partition coefficient (Wildman–Crippen LogP) is -0.619. The Bertz CT molecular complexity index is 609. The van der Waals surface area contributed by atoms with Gasteiger partial charge < -0.3 is 0 Å². The van der Waals surface area contributed by atoms with Crippen LogP contribution < -0.4 is 10.7 Å². The number of hydrogen-bond acceptors (Lipinski definition) is 5. The van der Waals surface area contributed by atoms with Crippen molar-refractivity contribution in [2.75, 3.05) is 6.26 Å². The van der Waals surface area contributed by atoms with Crippen LogP contribution in [0.25, 0.3) is 0 Å². The molecule has 0 aliphatic rings. The molecule has 0 bridgehead atoms. The zero-order valence-electron chi connectivity index (χ0n) is 8.14. The average Bonchev–Trinajstić information content (AvgIpc) is 2.16. The molecule has 0 saturated heterocycles. The maximum atomic E-state index is 13.2. The van der Waals surface area contributed by atoms with Gasteiger partial charge in [0.05, 0.1) is 4.90 Å². The van der Waals surface area contributed by atoms with Crippen LogP contribution in [0.3, 0.4) is 0 Å². The minimum atomic E-state index is -4.22. The van der Waals surface area contributed by atoms with Crippen LogP contribution in [-0.4, -0.2) is 23.1 Å². The lowest BCUT2D eigenvalue weighted by Crippen LogP contribution is -2.31. The molecule has 0 heterocycles. The Morgan fingerprint density at radius 2 is 1.81 bits per heavy atom. The van der Waals surface area contributed by atoms with E-state index in [0.29, 0.717) is 6.07 Å². The molecule has 3 N–H and O–H groups in total. The minimum absolute atomic E-state index is 0.303. The molecule has 90 valence electrons. The third kappa shape index (κ3) is 2.55. The van der Waals surface area contributed by atoms with E-state index >= 15 is 0 Å². The van der Waals surface area contributed by atoms with Crippen LogP contribution in [-0.2, 0) is 19.9 Å². The summed E-state index contributed by atoms with van der Waals surface area (Å²) in [4.78, 5) is 0.304. The number of nitrogens with two attached hydrogens (primary N) is 1. The van der Waals surface area contributed by atoms with E-state index in [1.807, 2.05) is 0 Å². The molecule has 0 saturated carbocycles. The summed E-state index contributed by atoms with van der Waals surface area (Å²) in [6, 6.07) is 2.43. The monoisotopic (exact) mass is 268 g/mol. The predicted molar refractivity (Wildman–Crippen MR) is 54.0 cm³/mol. The highest BCUT2D eigenvalue weighted by molar-refractivity contribution is 7.91. The smallest absolute Gasteiger partial charge is 0.256 e. The zero-order chi connectivity index (χ0) is 12.6. The van der Waals surface area contributed by atoms with Gasteiger partial charge in [0.2, 0.25) is 0 Å². The third-order valence-electron chi connectivity index (χ3n) is 1.78. The Morgan fingerprint density at radius 1 is 1.25 bits per heavy atom. The van der Waals surface area contributed by atoms with Crippen LogP contribution in [0.5, 0.6) is 0 Å². The zero-order valence-corrected chi connectivity index (χ0v) is 9.77. The van der Waals surface area contributed by atoms with Crippen molar-refractivity contribution in [3.05, 3.63) is 24.0 Å². The average molecular weight is 268 g/mol. The molecule has 0 unspecified atom stereocenters. The second-order valence-corrected chi connectivity index (χ2v) is 6.68. The number of nitrogens with one attached hydrogen (secondary N) is 1. The molecule has 0 aliphatic carbocycles. The first-order valence-electron chi connectivity index (χ1n) is 3.90. The van der Waals surface area contributed by atoms with Gasteiger partial charge in [0.15, 0.2) is 9.84 Å². The van der Waals surface area contributed by atoms with Gasteiger partial charge in [0.25, 0.3) is 10.0 Å². The summed E-state index contributed by atoms with van der Waals surface area (Å²) in [7, 11) is -7.83. The van der Waals surface area contributed by atoms with E-state index in [-0.39, 0.29) is 4.90 Å². The fourth-order valence-corrected chi connectivity index (χ4v) is 2.44. The highest BCUT2D eigenvalue weighted by Gasteiger charge is 2.20. The number of halogens is 1. The number of benzene rings is 1. The Hall–Kier alpha value is -1.03. The van der Waals surface area contributed by atoms with Crippen LogP contribution in [0.15, 0.2) is 28.0 Å². The van der Waals surface area contributed by atoms with Crippen molar-refractivity contribution in [2.45, 2.75) is 9.79 Å². The molecule has 0 radical (unpaired) electrons. The Kier molecular flexibility index (Phi) is 3.33. The van der Waals surface area contributed by atoms with Crippen molar-refractivity contribution in [1.29, 1.82) is 0 Å². The van der Waals surface area contributed by atoms with Crippen molar-refractivity contribution >= 4 is 19.9 Å². The van der Waals surface area contributed by atoms with Gasteiger partial charge in [-0.25, -0.2) is 21.2 Å². The third-order valence-corrected chi connectivity index (χ3v) is 4.09. The molecule has 6 nitrogen and oxygen atoms in total. The van der Waals surface area contributed by atoms with E-state index in [4.69, 9.17) is 5.84 Å². The molecular formula is C7H9FN2O4S2. The van der Waals surface area contributed by atoms with Crippen molar-refractivity contribution < 1.29 is 21.2 Å². The largest absolute Gasteiger partial charge is 0.257 e. The summed E-state index contributed by atoms with van der Waals surface area (Å²) in [5, 5.41) is 0. The molecule has 1 rings (SSSR count). The second kappa shape index (κ2) is 4.09. The number of rotatable bonds is 3. The van der Waals surface area contributed by atoms with E-state index in [1.165, 1.54) is 4.83 Å². The van der Waals surface area contributed by atoms with Crippen LogP contribution >= 0.6 is 0 Å². The maximum Gasteiger partial charge on any atom is 0.256 e. The fourth-order valence-electron chi connectivity index (χ4n) is 0.984. The van der Waals surface area contributed by atoms with Gasteiger partial charge in [-0.1, -0.05) is 0 Å². The van der Waals surface area contributed by atoms with E-state index in [2.05, 4.69) is 0 Å². The summed E-state index contributed by atoms with van der Waals surface area (Å²) in [5.74, 6) is 3.63. The summed E-state index contributed by atoms with van der Waals surface area (Å²) in [6.07, 6.45) is 0.881. The Balaban J connectivity index is 3.54. The molecule has 0 aromatic heterocycles. The molecule has 1 aromatic carbocycles. The van der Waals surface area contributed by atoms with E-state index in [1.54, 1.807) is 0 Å². The minimum Gasteiger partial charge on any atom is -0.257 e. The Morgan fingerprint density at radius 3 is 2.25 bits per heavy atom. The van der Waals surface area contributed by atoms with Gasteiger partial charge in [0.1, 0.15) is 10.7 Å². The van der Waals surface area contributed by atoms with Gasteiger partial charge in [-0.2, -0.15) is 0 Å². The first-order valence-corrected chi connectivity index (χ1v) is 7.28. The normalized spacial score (nSPS) is 12.7. The van der Waals surface area contributed by atoms with Crippen molar-refractivity contribution in [2.24, 2.45) is 5.84 Å². The summed E-state index contributed by atoms with van der Waals surface area (Å²) in [6.45, 7) is 0. The molecular weight excluding hydrogens is 259 g/mol. The van der Waals surface area contributed by atoms with Crippen molar-refractivity contribution in [3.8, 4) is 0 Å². The lowest BCUT2D eigenvalue weighted by atomic mass is 10.3. The number of sulfonamides is 1. The molecule has 9 heteroatoms. The lowest BCUT2D eigenvalue weighted by Gasteiger charge is -2.05. The van der Waals surface area contributed by atoms with Crippen LogP contribution in [0, 0.1) is 5.82 Å². The number of sulfone groups is 1. The SMILES string of the molecule is CS(=O)(=O)c1ccc(F)c(S(=O)(=O)NN)c1. The van der Waals surface area contributed by atoms with Crippen molar-refractivity contribution in [3.63, 3.8) is 0 Å². The van der Waals surface area contributed by atoms with Crippen LogP contribution in [0.1, 0.15) is 0 Å². The van der Waals surface area contributed by atoms with E-state index < -0.39 is 30.6 Å². The highest BCUT2D eigenvalue weighted by Crippen LogP contribution is 2.18.